The SMILES string of the molecule is CCOc1ccc(NC(=O)C(C)CC)cc1CCl. The smallest absolute Gasteiger partial charge is 0.227 e. The summed E-state index contributed by atoms with van der Waals surface area (Å²) in [5, 5.41) is 2.88. The van der Waals surface area contributed by atoms with E-state index in [1.54, 1.807) is 0 Å². The van der Waals surface area contributed by atoms with Crippen LogP contribution in [0.5, 0.6) is 5.75 Å². The Morgan fingerprint density at radius 2 is 2.17 bits per heavy atom. The molecule has 1 rings (SSSR count). The lowest BCUT2D eigenvalue weighted by molar-refractivity contribution is -0.119. The quantitative estimate of drug-likeness (QED) is 0.798. The third-order valence-corrected chi connectivity index (χ3v) is 3.12. The van der Waals surface area contributed by atoms with E-state index < -0.39 is 0 Å². The Bertz CT molecular complexity index is 407. The summed E-state index contributed by atoms with van der Waals surface area (Å²) in [6, 6.07) is 5.53. The largest absolute Gasteiger partial charge is 0.494 e. The molecule has 0 bridgehead atoms. The molecule has 1 N–H and O–H groups in total. The molecule has 4 heteroatoms. The minimum Gasteiger partial charge on any atom is -0.494 e. The van der Waals surface area contributed by atoms with Crippen molar-refractivity contribution >= 4 is 23.2 Å². The molecule has 18 heavy (non-hydrogen) atoms. The molecule has 0 aliphatic carbocycles. The molecule has 0 aromatic heterocycles. The van der Waals surface area contributed by atoms with Crippen molar-refractivity contribution in [1.82, 2.24) is 0 Å². The van der Waals surface area contributed by atoms with Gasteiger partial charge in [0.15, 0.2) is 0 Å². The van der Waals surface area contributed by atoms with Gasteiger partial charge in [-0.05, 0) is 31.5 Å². The van der Waals surface area contributed by atoms with Gasteiger partial charge in [0.2, 0.25) is 5.91 Å². The van der Waals surface area contributed by atoms with Crippen molar-refractivity contribution in [2.45, 2.75) is 33.1 Å². The van der Waals surface area contributed by atoms with Crippen molar-refractivity contribution in [1.29, 1.82) is 0 Å². The number of halogens is 1. The van der Waals surface area contributed by atoms with Crippen LogP contribution in [0.15, 0.2) is 18.2 Å². The molecular weight excluding hydrogens is 250 g/mol. The van der Waals surface area contributed by atoms with E-state index in [4.69, 9.17) is 16.3 Å². The van der Waals surface area contributed by atoms with Crippen molar-refractivity contribution in [2.75, 3.05) is 11.9 Å². The van der Waals surface area contributed by atoms with E-state index >= 15 is 0 Å². The minimum atomic E-state index is 0.0102. The van der Waals surface area contributed by atoms with Gasteiger partial charge in [-0.25, -0.2) is 0 Å². The normalized spacial score (nSPS) is 12.0. The molecule has 0 heterocycles. The molecule has 100 valence electrons. The highest BCUT2D eigenvalue weighted by molar-refractivity contribution is 6.17. The number of benzene rings is 1. The summed E-state index contributed by atoms with van der Waals surface area (Å²) in [6.07, 6.45) is 0.825. The molecule has 1 atom stereocenters. The van der Waals surface area contributed by atoms with Crippen LogP contribution in [-0.4, -0.2) is 12.5 Å². The van der Waals surface area contributed by atoms with Gasteiger partial charge in [-0.3, -0.25) is 4.79 Å². The average Bonchev–Trinajstić information content (AvgIpc) is 2.39. The number of amides is 1. The summed E-state index contributed by atoms with van der Waals surface area (Å²) in [4.78, 5) is 11.8. The first-order valence-electron chi connectivity index (χ1n) is 6.24. The van der Waals surface area contributed by atoms with Crippen LogP contribution in [0, 0.1) is 5.92 Å². The fourth-order valence-corrected chi connectivity index (χ4v) is 1.72. The van der Waals surface area contributed by atoms with E-state index in [1.165, 1.54) is 0 Å². The predicted molar refractivity (Wildman–Crippen MR) is 75.3 cm³/mol. The first kappa shape index (κ1) is 14.8. The lowest BCUT2D eigenvalue weighted by atomic mass is 10.1. The number of nitrogens with one attached hydrogen (secondary N) is 1. The maximum Gasteiger partial charge on any atom is 0.227 e. The molecule has 3 nitrogen and oxygen atoms in total. The zero-order chi connectivity index (χ0) is 13.5. The molecule has 0 saturated carbocycles. The molecule has 0 fully saturated rings. The molecule has 0 radical (unpaired) electrons. The van der Waals surface area contributed by atoms with E-state index in [1.807, 2.05) is 39.0 Å². The van der Waals surface area contributed by atoms with Crippen molar-refractivity contribution < 1.29 is 9.53 Å². The number of carbonyl (C=O) groups is 1. The van der Waals surface area contributed by atoms with Crippen LogP contribution in [0.2, 0.25) is 0 Å². The summed E-state index contributed by atoms with van der Waals surface area (Å²) in [6.45, 7) is 6.43. The van der Waals surface area contributed by atoms with Crippen LogP contribution in [0.25, 0.3) is 0 Å². The molecule has 0 aliphatic heterocycles. The third-order valence-electron chi connectivity index (χ3n) is 2.83. The molecule has 0 saturated heterocycles. The monoisotopic (exact) mass is 269 g/mol. The van der Waals surface area contributed by atoms with Gasteiger partial charge in [0.05, 0.1) is 12.5 Å². The molecule has 1 aromatic rings. The van der Waals surface area contributed by atoms with Gasteiger partial charge in [0.1, 0.15) is 5.75 Å². The van der Waals surface area contributed by atoms with E-state index in [0.717, 1.165) is 23.4 Å². The molecule has 0 aliphatic rings. The van der Waals surface area contributed by atoms with Crippen LogP contribution in [-0.2, 0) is 10.7 Å². The minimum absolute atomic E-state index is 0.0102. The second-order valence-corrected chi connectivity index (χ2v) is 4.45. The number of carbonyl (C=O) groups excluding carboxylic acids is 1. The molecule has 1 aromatic carbocycles. The van der Waals surface area contributed by atoms with Gasteiger partial charge in [0, 0.05) is 17.2 Å². The van der Waals surface area contributed by atoms with Crippen LogP contribution in [0.1, 0.15) is 32.8 Å². The molecule has 1 amide bonds. The first-order chi connectivity index (χ1) is 8.62. The zero-order valence-corrected chi connectivity index (χ0v) is 11.9. The maximum absolute atomic E-state index is 11.8. The molecule has 0 spiro atoms. The predicted octanol–water partition coefficient (Wildman–Crippen LogP) is 3.81. The van der Waals surface area contributed by atoms with Crippen molar-refractivity contribution in [3.05, 3.63) is 23.8 Å². The van der Waals surface area contributed by atoms with Crippen LogP contribution in [0.3, 0.4) is 0 Å². The summed E-state index contributed by atoms with van der Waals surface area (Å²) < 4.78 is 5.46. The highest BCUT2D eigenvalue weighted by Crippen LogP contribution is 2.25. The molecule has 1 unspecified atom stereocenters. The highest BCUT2D eigenvalue weighted by atomic mass is 35.5. The fourth-order valence-electron chi connectivity index (χ4n) is 1.51. The lowest BCUT2D eigenvalue weighted by Gasteiger charge is -2.13. The van der Waals surface area contributed by atoms with Crippen molar-refractivity contribution in [3.8, 4) is 5.75 Å². The number of hydrogen-bond acceptors (Lipinski definition) is 2. The van der Waals surface area contributed by atoms with E-state index in [0.29, 0.717) is 12.5 Å². The topological polar surface area (TPSA) is 38.3 Å². The Kier molecular flexibility index (Phi) is 5.99. The van der Waals surface area contributed by atoms with Gasteiger partial charge in [0.25, 0.3) is 0 Å². The van der Waals surface area contributed by atoms with Gasteiger partial charge in [-0.1, -0.05) is 13.8 Å². The van der Waals surface area contributed by atoms with Crippen molar-refractivity contribution in [3.63, 3.8) is 0 Å². The van der Waals surface area contributed by atoms with Crippen LogP contribution < -0.4 is 10.1 Å². The Labute approximate surface area is 113 Å². The van der Waals surface area contributed by atoms with Gasteiger partial charge >= 0.3 is 0 Å². The number of hydrogen-bond donors (Lipinski definition) is 1. The fraction of sp³-hybridized carbons (Fsp3) is 0.500. The lowest BCUT2D eigenvalue weighted by Crippen LogP contribution is -2.19. The van der Waals surface area contributed by atoms with Gasteiger partial charge in [-0.15, -0.1) is 11.6 Å². The van der Waals surface area contributed by atoms with Gasteiger partial charge in [-0.2, -0.15) is 0 Å². The summed E-state index contributed by atoms with van der Waals surface area (Å²) in [5.74, 6) is 1.18. The van der Waals surface area contributed by atoms with E-state index in [-0.39, 0.29) is 11.8 Å². The first-order valence-corrected chi connectivity index (χ1v) is 6.78. The van der Waals surface area contributed by atoms with E-state index in [9.17, 15) is 4.79 Å². The Balaban J connectivity index is 2.82. The van der Waals surface area contributed by atoms with Crippen LogP contribution in [0.4, 0.5) is 5.69 Å². The summed E-state index contributed by atoms with van der Waals surface area (Å²) >= 11 is 5.87. The van der Waals surface area contributed by atoms with E-state index in [2.05, 4.69) is 5.32 Å². The van der Waals surface area contributed by atoms with Crippen molar-refractivity contribution in [2.24, 2.45) is 5.92 Å². The molecular formula is C14H20ClNO2. The highest BCUT2D eigenvalue weighted by Gasteiger charge is 2.11. The number of ether oxygens (including phenoxy) is 1. The Morgan fingerprint density at radius 1 is 1.44 bits per heavy atom. The van der Waals surface area contributed by atoms with Crippen LogP contribution >= 0.6 is 11.6 Å². The Morgan fingerprint density at radius 3 is 2.72 bits per heavy atom. The zero-order valence-electron chi connectivity index (χ0n) is 11.1. The second-order valence-electron chi connectivity index (χ2n) is 4.19. The third kappa shape index (κ3) is 3.91. The summed E-state index contributed by atoms with van der Waals surface area (Å²) in [7, 11) is 0. The summed E-state index contributed by atoms with van der Waals surface area (Å²) in [5.41, 5.74) is 1.65. The second kappa shape index (κ2) is 7.27. The van der Waals surface area contributed by atoms with Gasteiger partial charge < -0.3 is 10.1 Å². The Hall–Kier alpha value is -1.22. The number of rotatable bonds is 6. The maximum atomic E-state index is 11.8. The standard InChI is InChI=1S/C14H20ClNO2/c1-4-10(3)14(17)16-12-6-7-13(18-5-2)11(8-12)9-15/h6-8,10H,4-5,9H2,1-3H3,(H,16,17). The average molecular weight is 270 g/mol. The number of alkyl halides is 1. The number of anilines is 1.